The molecule has 12 N–H and O–H groups in total. The van der Waals surface area contributed by atoms with E-state index in [0.717, 1.165) is 70.6 Å². The first-order valence-electron chi connectivity index (χ1n) is 29.2. The van der Waals surface area contributed by atoms with Gasteiger partial charge in [0.05, 0.1) is 38.6 Å². The van der Waals surface area contributed by atoms with E-state index in [4.69, 9.17) is 28.4 Å². The second-order valence-corrected chi connectivity index (χ2v) is 20.7. The highest BCUT2D eigenvalue weighted by Crippen LogP contribution is 2.33. The van der Waals surface area contributed by atoms with Crippen LogP contribution in [0.25, 0.3) is 0 Å². The lowest BCUT2D eigenvalue weighted by Crippen LogP contribution is -2.66. The number of carbonyl (C=O) groups is 1. The fourth-order valence-electron chi connectivity index (χ4n) is 9.43. The van der Waals surface area contributed by atoms with Gasteiger partial charge in [0.2, 0.25) is 5.91 Å². The molecule has 78 heavy (non-hydrogen) atoms. The van der Waals surface area contributed by atoms with Gasteiger partial charge >= 0.3 is 0 Å². The van der Waals surface area contributed by atoms with Gasteiger partial charge in [0.25, 0.3) is 0 Å². The Balaban J connectivity index is 1.54. The number of unbranched alkanes of at least 4 members (excludes halogenated alkanes) is 15. The molecule has 3 heterocycles. The Morgan fingerprint density at radius 2 is 0.897 bits per heavy atom. The van der Waals surface area contributed by atoms with Gasteiger partial charge in [-0.1, -0.05) is 157 Å². The van der Waals surface area contributed by atoms with Gasteiger partial charge in [-0.2, -0.15) is 0 Å². The number of rotatable bonds is 41. The molecule has 0 saturated carbocycles. The minimum Gasteiger partial charge on any atom is -0.394 e. The third kappa shape index (κ3) is 26.0. The van der Waals surface area contributed by atoms with Crippen molar-refractivity contribution < 1.29 is 89.4 Å². The first-order chi connectivity index (χ1) is 37.8. The second-order valence-electron chi connectivity index (χ2n) is 20.7. The Labute approximate surface area is 464 Å². The Kier molecular flexibility index (Phi) is 37.5. The maximum atomic E-state index is 13.3. The van der Waals surface area contributed by atoms with E-state index in [0.29, 0.717) is 12.8 Å². The van der Waals surface area contributed by atoms with Gasteiger partial charge in [0.15, 0.2) is 18.9 Å². The fourth-order valence-corrected chi connectivity index (χ4v) is 9.43. The maximum Gasteiger partial charge on any atom is 0.220 e. The predicted molar refractivity (Wildman–Crippen MR) is 295 cm³/mol. The van der Waals surface area contributed by atoms with Crippen LogP contribution in [0.4, 0.5) is 0 Å². The van der Waals surface area contributed by atoms with Crippen LogP contribution in [-0.2, 0) is 33.2 Å². The molecule has 0 aromatic heterocycles. The van der Waals surface area contributed by atoms with E-state index in [1.54, 1.807) is 6.08 Å². The normalized spacial score (nSPS) is 31.0. The molecule has 3 saturated heterocycles. The summed E-state index contributed by atoms with van der Waals surface area (Å²) in [5.74, 6) is -0.313. The monoisotopic (exact) mass is 1110 g/mol. The summed E-state index contributed by atoms with van der Waals surface area (Å²) in [4.78, 5) is 13.3. The van der Waals surface area contributed by atoms with Crippen LogP contribution in [-0.4, -0.2) is 193 Å². The summed E-state index contributed by atoms with van der Waals surface area (Å²) >= 11 is 0. The van der Waals surface area contributed by atoms with Crippen LogP contribution in [0.5, 0.6) is 0 Å². The highest BCUT2D eigenvalue weighted by atomic mass is 16.8. The number of nitrogens with one attached hydrogen (secondary N) is 1. The van der Waals surface area contributed by atoms with E-state index in [1.165, 1.54) is 57.8 Å². The Morgan fingerprint density at radius 1 is 0.474 bits per heavy atom. The lowest BCUT2D eigenvalue weighted by atomic mass is 9.96. The number of aliphatic hydroxyl groups excluding tert-OH is 11. The highest BCUT2D eigenvalue weighted by molar-refractivity contribution is 5.76. The van der Waals surface area contributed by atoms with E-state index in [1.807, 2.05) is 6.08 Å². The first kappa shape index (κ1) is 69.5. The molecule has 3 rings (SSSR count). The van der Waals surface area contributed by atoms with Crippen LogP contribution in [0, 0.1) is 0 Å². The molecule has 3 aliphatic heterocycles. The summed E-state index contributed by atoms with van der Waals surface area (Å²) < 4.78 is 34.2. The average molecular weight is 1110 g/mol. The topological polar surface area (TPSA) is 307 Å². The van der Waals surface area contributed by atoms with Gasteiger partial charge in [0, 0.05) is 6.42 Å². The number of aliphatic hydroxyl groups is 11. The van der Waals surface area contributed by atoms with E-state index in [2.05, 4.69) is 79.9 Å². The lowest BCUT2D eigenvalue weighted by molar-refractivity contribution is -0.379. The second kappa shape index (κ2) is 42.1. The molecule has 19 heteroatoms. The number of ether oxygens (including phenoxy) is 6. The van der Waals surface area contributed by atoms with Crippen molar-refractivity contribution in [1.82, 2.24) is 5.32 Å². The van der Waals surface area contributed by atoms with Crippen LogP contribution in [0.15, 0.2) is 72.9 Å². The summed E-state index contributed by atoms with van der Waals surface area (Å²) in [7, 11) is 0. The molecule has 0 aromatic rings. The quantitative estimate of drug-likeness (QED) is 0.0293. The van der Waals surface area contributed by atoms with E-state index >= 15 is 0 Å². The average Bonchev–Trinajstić information content (AvgIpc) is 3.45. The zero-order valence-corrected chi connectivity index (χ0v) is 46.6. The van der Waals surface area contributed by atoms with Crippen molar-refractivity contribution in [3.63, 3.8) is 0 Å². The standard InChI is InChI=1S/C59H101NO18/c1-3-5-7-9-11-13-15-17-19-21-23-25-27-29-31-33-35-37-47(65)60-42(43(64)36-34-32-30-28-26-24-22-20-18-16-14-12-10-8-6-4-2)41-73-57-53(71)50(68)55(45(39-62)75-57)78-59-54(72)51(69)56(46(40-63)76-59)77-58-52(70)49(67)48(66)44(38-61)74-58/h5,7,11,13,17,19,23,25-26,28,34,36,42-46,48-59,61-64,66-72H,3-4,6,8-10,12,14-16,18,20-22,24,27,29-33,35,37-41H2,1-2H3,(H,60,65)/b7-5-,13-11-,19-17-,25-23-,28-26+,36-34+. The third-order valence-electron chi connectivity index (χ3n) is 14.2. The molecule has 1 amide bonds. The SMILES string of the molecule is CC/C=C\C/C=C\C/C=C\C/C=C\CCCCCCC(=O)NC(COC1OC(CO)C(OC2OC(CO)C(OC3OC(CO)C(O)C(O)C3O)C(O)C2O)C(O)C1O)C(O)/C=C/CC/C=C/CCCCCCCCCCCC. The molecule has 3 aliphatic rings. The lowest BCUT2D eigenvalue weighted by Gasteiger charge is -2.48. The van der Waals surface area contributed by atoms with Crippen LogP contribution in [0.2, 0.25) is 0 Å². The Hall–Kier alpha value is -2.77. The summed E-state index contributed by atoms with van der Waals surface area (Å²) in [6, 6.07) is -1.01. The van der Waals surface area contributed by atoms with Gasteiger partial charge in [-0.15, -0.1) is 0 Å². The minimum atomic E-state index is -1.99. The molecular weight excluding hydrogens is 1010 g/mol. The van der Waals surface area contributed by atoms with Crippen LogP contribution in [0.3, 0.4) is 0 Å². The Bertz CT molecular complexity index is 1710. The summed E-state index contributed by atoms with van der Waals surface area (Å²) in [6.07, 6.45) is 21.7. The van der Waals surface area contributed by atoms with Gasteiger partial charge in [0.1, 0.15) is 73.2 Å². The Morgan fingerprint density at radius 3 is 1.44 bits per heavy atom. The number of allylic oxidation sites excluding steroid dienone is 11. The van der Waals surface area contributed by atoms with Crippen molar-refractivity contribution in [1.29, 1.82) is 0 Å². The molecule has 19 nitrogen and oxygen atoms in total. The molecule has 3 fully saturated rings. The largest absolute Gasteiger partial charge is 0.394 e. The molecule has 450 valence electrons. The smallest absolute Gasteiger partial charge is 0.220 e. The van der Waals surface area contributed by atoms with E-state index < -0.39 is 124 Å². The summed E-state index contributed by atoms with van der Waals surface area (Å²) in [5.41, 5.74) is 0. The van der Waals surface area contributed by atoms with Crippen LogP contribution in [0.1, 0.15) is 162 Å². The molecule has 0 radical (unpaired) electrons. The summed E-state index contributed by atoms with van der Waals surface area (Å²) in [6.45, 7) is 1.54. The molecule has 0 bridgehead atoms. The zero-order chi connectivity index (χ0) is 56.9. The van der Waals surface area contributed by atoms with Gasteiger partial charge in [-0.25, -0.2) is 0 Å². The van der Waals surface area contributed by atoms with Crippen molar-refractivity contribution in [2.45, 2.75) is 266 Å². The number of carbonyl (C=O) groups excluding carboxylic acids is 1. The van der Waals surface area contributed by atoms with Crippen molar-refractivity contribution in [3.05, 3.63) is 72.9 Å². The highest BCUT2D eigenvalue weighted by Gasteiger charge is 2.53. The van der Waals surface area contributed by atoms with E-state index in [-0.39, 0.29) is 18.9 Å². The number of amides is 1. The van der Waals surface area contributed by atoms with Gasteiger partial charge in [-0.05, 0) is 70.6 Å². The molecular formula is C59H101NO18. The first-order valence-corrected chi connectivity index (χ1v) is 29.2. The zero-order valence-electron chi connectivity index (χ0n) is 46.6. The van der Waals surface area contributed by atoms with Gasteiger partial charge in [-0.3, -0.25) is 4.79 Å². The van der Waals surface area contributed by atoms with Crippen LogP contribution < -0.4 is 5.32 Å². The van der Waals surface area contributed by atoms with Crippen molar-refractivity contribution in [3.8, 4) is 0 Å². The molecule has 0 aromatic carbocycles. The molecule has 17 unspecified atom stereocenters. The number of hydrogen-bond acceptors (Lipinski definition) is 18. The van der Waals surface area contributed by atoms with Crippen molar-refractivity contribution in [2.24, 2.45) is 0 Å². The molecule has 0 aliphatic carbocycles. The predicted octanol–water partition coefficient (Wildman–Crippen LogP) is 4.65. The summed E-state index contributed by atoms with van der Waals surface area (Å²) in [5, 5.41) is 120. The minimum absolute atomic E-state index is 0.204. The number of hydrogen-bond donors (Lipinski definition) is 12. The van der Waals surface area contributed by atoms with Crippen molar-refractivity contribution in [2.75, 3.05) is 26.4 Å². The van der Waals surface area contributed by atoms with E-state index in [9.17, 15) is 61.0 Å². The third-order valence-corrected chi connectivity index (χ3v) is 14.2. The van der Waals surface area contributed by atoms with Gasteiger partial charge < -0.3 is 89.9 Å². The fraction of sp³-hybridized carbons (Fsp3) is 0.780. The maximum absolute atomic E-state index is 13.3. The molecule has 17 atom stereocenters. The molecule has 0 spiro atoms. The van der Waals surface area contributed by atoms with Crippen LogP contribution >= 0.6 is 0 Å². The van der Waals surface area contributed by atoms with Crippen molar-refractivity contribution >= 4 is 5.91 Å².